The third kappa shape index (κ3) is 2.60. The van der Waals surface area contributed by atoms with E-state index in [0.717, 1.165) is 4.47 Å². The van der Waals surface area contributed by atoms with E-state index in [1.807, 2.05) is 0 Å². The molecule has 182 valence electrons. The molecule has 1 aromatic heterocycles. The smallest absolute Gasteiger partial charge is 0.0726 e. The molecule has 0 bridgehead atoms. The van der Waals surface area contributed by atoms with Gasteiger partial charge in [-0.05, 0) is 80.9 Å². The Morgan fingerprint density at radius 1 is 0.436 bits per heavy atom. The number of nitrogens with zero attached hydrogens (tertiary/aromatic N) is 1. The molecule has 6 aromatic carbocycles. The Morgan fingerprint density at radius 2 is 0.974 bits per heavy atom. The molecule has 1 spiro atoms. The first-order valence-corrected chi connectivity index (χ1v) is 14.2. The molecule has 2 heteroatoms. The first-order chi connectivity index (χ1) is 19.3. The van der Waals surface area contributed by atoms with Gasteiger partial charge in [-0.1, -0.05) is 113 Å². The van der Waals surface area contributed by atoms with Gasteiger partial charge in [0.2, 0.25) is 0 Å². The van der Waals surface area contributed by atoms with Gasteiger partial charge in [-0.2, -0.15) is 0 Å². The summed E-state index contributed by atoms with van der Waals surface area (Å²) in [7, 11) is 0. The Balaban J connectivity index is 1.42. The summed E-state index contributed by atoms with van der Waals surface area (Å²) in [5.41, 5.74) is 14.1. The van der Waals surface area contributed by atoms with Crippen LogP contribution in [0.15, 0.2) is 138 Å². The molecule has 0 atom stereocenters. The highest BCUT2D eigenvalue weighted by Crippen LogP contribution is 2.62. The summed E-state index contributed by atoms with van der Waals surface area (Å²) < 4.78 is 3.53. The molecule has 0 radical (unpaired) electrons. The van der Waals surface area contributed by atoms with Gasteiger partial charge in [0.05, 0.1) is 16.4 Å². The SMILES string of the molecule is Brc1ccc2c(c1)c1ccccc1n2-c1ccc2c(c1)C1(c3ccccc3-c3ccccc31)c1ccccc1-2. The van der Waals surface area contributed by atoms with E-state index in [9.17, 15) is 0 Å². The Kier molecular flexibility index (Phi) is 4.19. The third-order valence-electron chi connectivity index (χ3n) is 8.87. The highest BCUT2D eigenvalue weighted by molar-refractivity contribution is 9.10. The lowest BCUT2D eigenvalue weighted by molar-refractivity contribution is 0.792. The van der Waals surface area contributed by atoms with Crippen molar-refractivity contribution in [2.24, 2.45) is 0 Å². The van der Waals surface area contributed by atoms with Crippen molar-refractivity contribution in [3.8, 4) is 27.9 Å². The molecule has 0 aliphatic heterocycles. The molecule has 0 N–H and O–H groups in total. The van der Waals surface area contributed by atoms with Crippen LogP contribution in [0.1, 0.15) is 22.3 Å². The number of halogens is 1. The van der Waals surface area contributed by atoms with Gasteiger partial charge in [0.25, 0.3) is 0 Å². The highest BCUT2D eigenvalue weighted by atomic mass is 79.9. The zero-order chi connectivity index (χ0) is 25.7. The van der Waals surface area contributed by atoms with Crippen molar-refractivity contribution in [1.29, 1.82) is 0 Å². The van der Waals surface area contributed by atoms with E-state index in [2.05, 4.69) is 154 Å². The maximum Gasteiger partial charge on any atom is 0.0726 e. The van der Waals surface area contributed by atoms with Gasteiger partial charge in [-0.3, -0.25) is 0 Å². The van der Waals surface area contributed by atoms with Crippen molar-refractivity contribution in [3.05, 3.63) is 160 Å². The molecule has 0 fully saturated rings. The van der Waals surface area contributed by atoms with E-state index < -0.39 is 0 Å². The number of fused-ring (bicyclic) bond motifs is 13. The van der Waals surface area contributed by atoms with Crippen LogP contribution < -0.4 is 0 Å². The minimum absolute atomic E-state index is 0.336. The molecular formula is C37H22BrN. The first-order valence-electron chi connectivity index (χ1n) is 13.4. The predicted octanol–water partition coefficient (Wildman–Crippen LogP) is 9.89. The number of benzene rings is 6. The molecule has 0 saturated carbocycles. The topological polar surface area (TPSA) is 4.93 Å². The molecule has 7 aromatic rings. The molecule has 39 heavy (non-hydrogen) atoms. The van der Waals surface area contributed by atoms with Crippen LogP contribution in [0.25, 0.3) is 49.7 Å². The van der Waals surface area contributed by atoms with Crippen molar-refractivity contribution in [3.63, 3.8) is 0 Å². The average Bonchev–Trinajstić information content (AvgIpc) is 3.58. The highest BCUT2D eigenvalue weighted by Gasteiger charge is 2.51. The quantitative estimate of drug-likeness (QED) is 0.188. The largest absolute Gasteiger partial charge is 0.309 e. The summed E-state index contributed by atoms with van der Waals surface area (Å²) in [6.45, 7) is 0. The third-order valence-corrected chi connectivity index (χ3v) is 9.37. The molecule has 0 amide bonds. The Hall–Kier alpha value is -4.40. The van der Waals surface area contributed by atoms with Crippen LogP contribution in [0.4, 0.5) is 0 Å². The Morgan fingerprint density at radius 3 is 1.64 bits per heavy atom. The minimum Gasteiger partial charge on any atom is -0.309 e. The van der Waals surface area contributed by atoms with E-state index in [-0.39, 0.29) is 5.41 Å². The Labute approximate surface area is 235 Å². The molecule has 1 nitrogen and oxygen atoms in total. The van der Waals surface area contributed by atoms with Crippen molar-refractivity contribution < 1.29 is 0 Å². The van der Waals surface area contributed by atoms with Gasteiger partial charge in [0.15, 0.2) is 0 Å². The van der Waals surface area contributed by atoms with Crippen molar-refractivity contribution >= 4 is 37.7 Å². The van der Waals surface area contributed by atoms with E-state index in [1.165, 1.54) is 72.0 Å². The summed E-state index contributed by atoms with van der Waals surface area (Å²) in [5.74, 6) is 0. The van der Waals surface area contributed by atoms with E-state index in [4.69, 9.17) is 0 Å². The maximum atomic E-state index is 3.70. The molecule has 9 rings (SSSR count). The van der Waals surface area contributed by atoms with Crippen LogP contribution in [0, 0.1) is 0 Å². The fourth-order valence-electron chi connectivity index (χ4n) is 7.45. The minimum atomic E-state index is -0.336. The van der Waals surface area contributed by atoms with Gasteiger partial charge in [0.1, 0.15) is 0 Å². The number of hydrogen-bond donors (Lipinski definition) is 0. The molecule has 0 saturated heterocycles. The van der Waals surface area contributed by atoms with Gasteiger partial charge in [-0.25, -0.2) is 0 Å². The number of hydrogen-bond acceptors (Lipinski definition) is 0. The van der Waals surface area contributed by atoms with E-state index in [1.54, 1.807) is 0 Å². The normalized spacial score (nSPS) is 14.0. The lowest BCUT2D eigenvalue weighted by Crippen LogP contribution is -2.26. The maximum absolute atomic E-state index is 3.70. The standard InChI is InChI=1S/C37H22BrN/c38-23-17-20-36-30(21-23)29-12-4-8-16-35(29)39(36)24-18-19-28-27-11-3-7-15-33(27)37(34(28)22-24)31-13-5-1-9-25(31)26-10-2-6-14-32(26)37/h1-22H. The van der Waals surface area contributed by atoms with Crippen molar-refractivity contribution in [1.82, 2.24) is 4.57 Å². The van der Waals surface area contributed by atoms with Crippen molar-refractivity contribution in [2.45, 2.75) is 5.41 Å². The van der Waals surface area contributed by atoms with Gasteiger partial charge < -0.3 is 4.57 Å². The molecule has 1 heterocycles. The number of para-hydroxylation sites is 1. The van der Waals surface area contributed by atoms with Gasteiger partial charge in [-0.15, -0.1) is 0 Å². The van der Waals surface area contributed by atoms with Crippen LogP contribution in [0.5, 0.6) is 0 Å². The monoisotopic (exact) mass is 559 g/mol. The first kappa shape index (κ1) is 21.5. The van der Waals surface area contributed by atoms with E-state index in [0.29, 0.717) is 0 Å². The predicted molar refractivity (Wildman–Crippen MR) is 165 cm³/mol. The summed E-state index contributed by atoms with van der Waals surface area (Å²) in [6, 6.07) is 49.5. The zero-order valence-corrected chi connectivity index (χ0v) is 22.6. The lowest BCUT2D eigenvalue weighted by atomic mass is 9.70. The number of aromatic nitrogens is 1. The second-order valence-electron chi connectivity index (χ2n) is 10.6. The zero-order valence-electron chi connectivity index (χ0n) is 21.0. The summed E-state index contributed by atoms with van der Waals surface area (Å²) in [5, 5.41) is 2.53. The summed E-state index contributed by atoms with van der Waals surface area (Å²) in [6.07, 6.45) is 0. The van der Waals surface area contributed by atoms with Crippen LogP contribution >= 0.6 is 15.9 Å². The summed E-state index contributed by atoms with van der Waals surface area (Å²) in [4.78, 5) is 0. The second kappa shape index (κ2) is 7.59. The van der Waals surface area contributed by atoms with E-state index >= 15 is 0 Å². The molecule has 0 unspecified atom stereocenters. The summed E-state index contributed by atoms with van der Waals surface area (Å²) >= 11 is 3.70. The second-order valence-corrected chi connectivity index (χ2v) is 11.5. The fraction of sp³-hybridized carbons (Fsp3) is 0.0270. The molecule has 2 aliphatic carbocycles. The number of rotatable bonds is 1. The van der Waals surface area contributed by atoms with Crippen molar-refractivity contribution in [2.75, 3.05) is 0 Å². The Bertz CT molecular complexity index is 2080. The van der Waals surface area contributed by atoms with Crippen LogP contribution in [-0.2, 0) is 5.41 Å². The lowest BCUT2D eigenvalue weighted by Gasteiger charge is -2.30. The van der Waals surface area contributed by atoms with Gasteiger partial charge >= 0.3 is 0 Å². The van der Waals surface area contributed by atoms with Crippen LogP contribution in [-0.4, -0.2) is 4.57 Å². The van der Waals surface area contributed by atoms with Gasteiger partial charge in [0, 0.05) is 20.9 Å². The van der Waals surface area contributed by atoms with Crippen LogP contribution in [0.2, 0.25) is 0 Å². The molecular weight excluding hydrogens is 538 g/mol. The van der Waals surface area contributed by atoms with Crippen LogP contribution in [0.3, 0.4) is 0 Å². The average molecular weight is 560 g/mol. The molecule has 2 aliphatic rings. The fourth-order valence-corrected chi connectivity index (χ4v) is 7.81.